The molecule has 152 valence electrons. The predicted molar refractivity (Wildman–Crippen MR) is 111 cm³/mol. The number of benzene rings is 3. The molecule has 5 nitrogen and oxygen atoms in total. The van der Waals surface area contributed by atoms with Gasteiger partial charge < -0.3 is 10.1 Å². The first-order valence-electron chi connectivity index (χ1n) is 9.32. The number of ether oxygens (including phenoxy) is 1. The van der Waals surface area contributed by atoms with Crippen LogP contribution in [0, 0.1) is 5.82 Å². The minimum absolute atomic E-state index is 0.0501. The van der Waals surface area contributed by atoms with Crippen LogP contribution in [-0.2, 0) is 4.79 Å². The average Bonchev–Trinajstić information content (AvgIpc) is 2.74. The van der Waals surface area contributed by atoms with E-state index >= 15 is 0 Å². The van der Waals surface area contributed by atoms with E-state index in [9.17, 15) is 18.8 Å². The Morgan fingerprint density at radius 3 is 1.83 bits per heavy atom. The minimum Gasteiger partial charge on any atom is -0.481 e. The third-order valence-corrected chi connectivity index (χ3v) is 4.46. The van der Waals surface area contributed by atoms with Crippen molar-refractivity contribution in [1.29, 1.82) is 0 Å². The summed E-state index contributed by atoms with van der Waals surface area (Å²) in [4.78, 5) is 36.1. The summed E-state index contributed by atoms with van der Waals surface area (Å²) in [6.07, 6.45) is -0.781. The van der Waals surface area contributed by atoms with E-state index in [0.717, 1.165) is 0 Å². The normalized spacial score (nSPS) is 11.4. The van der Waals surface area contributed by atoms with Crippen LogP contribution in [0.5, 0.6) is 5.75 Å². The monoisotopic (exact) mass is 405 g/mol. The molecule has 0 unspecified atom stereocenters. The lowest BCUT2D eigenvalue weighted by Gasteiger charge is -2.15. The van der Waals surface area contributed by atoms with Crippen molar-refractivity contribution in [2.45, 2.75) is 20.0 Å². The topological polar surface area (TPSA) is 72.5 Å². The van der Waals surface area contributed by atoms with E-state index in [1.807, 2.05) is 0 Å². The fraction of sp³-hybridized carbons (Fsp3) is 0.125. The van der Waals surface area contributed by atoms with Gasteiger partial charge in [-0.25, -0.2) is 4.39 Å². The lowest BCUT2D eigenvalue weighted by molar-refractivity contribution is -0.122. The summed E-state index contributed by atoms with van der Waals surface area (Å²) in [5.41, 5.74) is 1.93. The molecule has 0 fully saturated rings. The Bertz CT molecular complexity index is 1060. The quantitative estimate of drug-likeness (QED) is 0.580. The van der Waals surface area contributed by atoms with Crippen molar-refractivity contribution in [2.24, 2.45) is 0 Å². The van der Waals surface area contributed by atoms with Gasteiger partial charge in [0.2, 0.25) is 0 Å². The molecule has 0 aliphatic rings. The maximum absolute atomic E-state index is 13.0. The zero-order valence-electron chi connectivity index (χ0n) is 16.5. The van der Waals surface area contributed by atoms with Crippen molar-refractivity contribution < 1.29 is 23.5 Å². The molecular formula is C24H20FNO4. The summed E-state index contributed by atoms with van der Waals surface area (Å²) in [5.74, 6) is -0.609. The molecular weight excluding hydrogens is 385 g/mol. The van der Waals surface area contributed by atoms with Crippen molar-refractivity contribution >= 4 is 23.2 Å². The van der Waals surface area contributed by atoms with E-state index in [-0.39, 0.29) is 17.5 Å². The first kappa shape index (κ1) is 20.9. The number of rotatable bonds is 7. The van der Waals surface area contributed by atoms with E-state index in [1.165, 1.54) is 31.2 Å². The summed E-state index contributed by atoms with van der Waals surface area (Å²) in [6.45, 7) is 3.08. The van der Waals surface area contributed by atoms with Gasteiger partial charge in [-0.05, 0) is 86.6 Å². The first-order chi connectivity index (χ1) is 14.3. The molecule has 1 N–H and O–H groups in total. The van der Waals surface area contributed by atoms with E-state index in [2.05, 4.69) is 5.32 Å². The van der Waals surface area contributed by atoms with E-state index < -0.39 is 11.9 Å². The maximum Gasteiger partial charge on any atom is 0.265 e. The molecule has 0 saturated carbocycles. The van der Waals surface area contributed by atoms with Gasteiger partial charge in [0.15, 0.2) is 17.7 Å². The van der Waals surface area contributed by atoms with Crippen LogP contribution >= 0.6 is 0 Å². The number of anilines is 1. The zero-order valence-corrected chi connectivity index (χ0v) is 16.5. The van der Waals surface area contributed by atoms with Gasteiger partial charge in [0.1, 0.15) is 11.6 Å². The lowest BCUT2D eigenvalue weighted by Crippen LogP contribution is -2.30. The predicted octanol–water partition coefficient (Wildman–Crippen LogP) is 4.67. The molecule has 0 spiro atoms. The van der Waals surface area contributed by atoms with Gasteiger partial charge in [-0.1, -0.05) is 0 Å². The third-order valence-electron chi connectivity index (χ3n) is 4.46. The van der Waals surface area contributed by atoms with Gasteiger partial charge in [-0.15, -0.1) is 0 Å². The highest BCUT2D eigenvalue weighted by Gasteiger charge is 2.16. The highest BCUT2D eigenvalue weighted by molar-refractivity contribution is 6.09. The Kier molecular flexibility index (Phi) is 6.37. The van der Waals surface area contributed by atoms with Crippen molar-refractivity contribution in [3.8, 4) is 5.75 Å². The molecule has 3 rings (SSSR count). The number of Topliss-reactive ketones (excluding diaryl/α,β-unsaturated/α-hetero) is 1. The third kappa shape index (κ3) is 5.17. The Morgan fingerprint density at radius 2 is 1.30 bits per heavy atom. The molecule has 0 bridgehead atoms. The number of hydrogen-bond acceptors (Lipinski definition) is 4. The molecule has 0 radical (unpaired) electrons. The van der Waals surface area contributed by atoms with E-state index in [0.29, 0.717) is 28.1 Å². The van der Waals surface area contributed by atoms with Gasteiger partial charge in [0, 0.05) is 22.4 Å². The second-order valence-electron chi connectivity index (χ2n) is 6.74. The molecule has 6 heteroatoms. The highest BCUT2D eigenvalue weighted by atomic mass is 19.1. The van der Waals surface area contributed by atoms with E-state index in [1.54, 1.807) is 55.5 Å². The first-order valence-corrected chi connectivity index (χ1v) is 9.32. The standard InChI is InChI=1S/C24H20FNO4/c1-15(27)17-5-11-21(12-6-17)26-24(29)16(2)30-22-13-7-19(8-14-22)23(28)18-3-9-20(25)10-4-18/h3-14,16H,1-2H3,(H,26,29)/t16-/m1/s1. The molecule has 0 saturated heterocycles. The van der Waals surface area contributed by atoms with Crippen LogP contribution in [-0.4, -0.2) is 23.6 Å². The van der Waals surface area contributed by atoms with Gasteiger partial charge >= 0.3 is 0 Å². The molecule has 3 aromatic carbocycles. The van der Waals surface area contributed by atoms with Crippen molar-refractivity contribution in [1.82, 2.24) is 0 Å². The summed E-state index contributed by atoms with van der Waals surface area (Å²) in [7, 11) is 0. The molecule has 1 atom stereocenters. The maximum atomic E-state index is 13.0. The van der Waals surface area contributed by atoms with Crippen LogP contribution in [0.4, 0.5) is 10.1 Å². The van der Waals surface area contributed by atoms with Crippen molar-refractivity contribution in [2.75, 3.05) is 5.32 Å². The van der Waals surface area contributed by atoms with Gasteiger partial charge in [-0.3, -0.25) is 14.4 Å². The Balaban J connectivity index is 1.60. The number of carbonyl (C=O) groups excluding carboxylic acids is 3. The van der Waals surface area contributed by atoms with Crippen LogP contribution in [0.15, 0.2) is 72.8 Å². The van der Waals surface area contributed by atoms with Gasteiger partial charge in [0.25, 0.3) is 5.91 Å². The summed E-state index contributed by atoms with van der Waals surface area (Å²) in [6, 6.07) is 18.3. The highest BCUT2D eigenvalue weighted by Crippen LogP contribution is 2.18. The molecule has 0 heterocycles. The molecule has 3 aromatic rings. The summed E-state index contributed by atoms with van der Waals surface area (Å²) >= 11 is 0. The van der Waals surface area contributed by atoms with Crippen LogP contribution in [0.1, 0.15) is 40.1 Å². The molecule has 0 aliphatic carbocycles. The van der Waals surface area contributed by atoms with E-state index in [4.69, 9.17) is 4.74 Å². The van der Waals surface area contributed by atoms with Gasteiger partial charge in [0.05, 0.1) is 0 Å². The molecule has 0 aromatic heterocycles. The second kappa shape index (κ2) is 9.13. The van der Waals surface area contributed by atoms with Crippen LogP contribution in [0.3, 0.4) is 0 Å². The zero-order chi connectivity index (χ0) is 21.7. The number of halogens is 1. The smallest absolute Gasteiger partial charge is 0.265 e. The second-order valence-corrected chi connectivity index (χ2v) is 6.74. The number of hydrogen-bond donors (Lipinski definition) is 1. The van der Waals surface area contributed by atoms with Crippen LogP contribution in [0.25, 0.3) is 0 Å². The summed E-state index contributed by atoms with van der Waals surface area (Å²) < 4.78 is 18.6. The fourth-order valence-electron chi connectivity index (χ4n) is 2.74. The summed E-state index contributed by atoms with van der Waals surface area (Å²) in [5, 5.41) is 2.72. The van der Waals surface area contributed by atoms with Crippen LogP contribution < -0.4 is 10.1 Å². The number of carbonyl (C=O) groups is 3. The minimum atomic E-state index is -0.781. The number of amides is 1. The van der Waals surface area contributed by atoms with Crippen LogP contribution in [0.2, 0.25) is 0 Å². The molecule has 0 aliphatic heterocycles. The number of ketones is 2. The number of nitrogens with one attached hydrogen (secondary N) is 1. The Hall–Kier alpha value is -3.80. The van der Waals surface area contributed by atoms with Crippen molar-refractivity contribution in [3.05, 3.63) is 95.3 Å². The average molecular weight is 405 g/mol. The molecule has 1 amide bonds. The SMILES string of the molecule is CC(=O)c1ccc(NC(=O)[C@@H](C)Oc2ccc(C(=O)c3ccc(F)cc3)cc2)cc1. The molecule has 30 heavy (non-hydrogen) atoms. The largest absolute Gasteiger partial charge is 0.481 e. The van der Waals surface area contributed by atoms with Crippen molar-refractivity contribution in [3.63, 3.8) is 0 Å². The lowest BCUT2D eigenvalue weighted by atomic mass is 10.0. The Labute approximate surface area is 173 Å². The Morgan fingerprint density at radius 1 is 0.800 bits per heavy atom. The van der Waals surface area contributed by atoms with Gasteiger partial charge in [-0.2, -0.15) is 0 Å². The fourth-order valence-corrected chi connectivity index (χ4v) is 2.74.